The lowest BCUT2D eigenvalue weighted by Gasteiger charge is -2.35. The third kappa shape index (κ3) is 3.82. The van der Waals surface area contributed by atoms with Gasteiger partial charge in [0, 0.05) is 32.4 Å². The number of carboxylic acids is 1. The molecular weight excluding hydrogens is 276 g/mol. The summed E-state index contributed by atoms with van der Waals surface area (Å²) in [4.78, 5) is 30.5. The number of anilines is 1. The molecule has 0 saturated carbocycles. The first-order valence-electron chi connectivity index (χ1n) is 6.67. The molecule has 0 aliphatic carbocycles. The quantitative estimate of drug-likeness (QED) is 0.682. The molecule has 1 saturated heterocycles. The number of nitrogens with zero attached hydrogens (tertiary/aromatic N) is 3. The number of hydrogen-bond donors (Lipinski definition) is 3. The number of aromatic nitrogens is 1. The van der Waals surface area contributed by atoms with Crippen LogP contribution < -0.4 is 10.2 Å². The number of carbonyl (C=O) groups excluding carboxylic acids is 1. The Hall–Kier alpha value is -2.35. The van der Waals surface area contributed by atoms with E-state index < -0.39 is 24.6 Å². The van der Waals surface area contributed by atoms with Crippen LogP contribution in [0.25, 0.3) is 0 Å². The monoisotopic (exact) mass is 294 g/mol. The number of aliphatic hydroxyl groups is 1. The van der Waals surface area contributed by atoms with Gasteiger partial charge in [-0.05, 0) is 12.1 Å². The smallest absolute Gasteiger partial charge is 0.328 e. The molecule has 1 aromatic heterocycles. The number of carboxylic acid groups (broad SMARTS) is 1. The van der Waals surface area contributed by atoms with Crippen LogP contribution in [0.2, 0.25) is 0 Å². The SMILES string of the molecule is O=C(O)[C@H](CO)NC(=O)N1CCN(c2ccccn2)CC1. The van der Waals surface area contributed by atoms with Crippen molar-refractivity contribution in [1.82, 2.24) is 15.2 Å². The van der Waals surface area contributed by atoms with Crippen LogP contribution >= 0.6 is 0 Å². The standard InChI is InChI=1S/C13H18N4O4/c18-9-10(12(19)20)15-13(21)17-7-5-16(6-8-17)11-3-1-2-4-14-11/h1-4,10,18H,5-9H2,(H,15,21)(H,19,20)/t10-/m0/s1. The Morgan fingerprint density at radius 3 is 2.52 bits per heavy atom. The van der Waals surface area contributed by atoms with Gasteiger partial charge in [-0.2, -0.15) is 0 Å². The van der Waals surface area contributed by atoms with E-state index in [0.29, 0.717) is 26.2 Å². The highest BCUT2D eigenvalue weighted by molar-refractivity contribution is 5.82. The van der Waals surface area contributed by atoms with E-state index in [1.54, 1.807) is 6.20 Å². The summed E-state index contributed by atoms with van der Waals surface area (Å²) >= 11 is 0. The van der Waals surface area contributed by atoms with Crippen molar-refractivity contribution in [2.24, 2.45) is 0 Å². The molecule has 8 nitrogen and oxygen atoms in total. The van der Waals surface area contributed by atoms with E-state index >= 15 is 0 Å². The summed E-state index contributed by atoms with van der Waals surface area (Å²) in [6.45, 7) is 1.57. The zero-order chi connectivity index (χ0) is 15.2. The number of urea groups is 1. The average Bonchev–Trinajstić information content (AvgIpc) is 2.53. The fourth-order valence-corrected chi connectivity index (χ4v) is 2.11. The summed E-state index contributed by atoms with van der Waals surface area (Å²) in [5.41, 5.74) is 0. The van der Waals surface area contributed by atoms with E-state index in [9.17, 15) is 9.59 Å². The van der Waals surface area contributed by atoms with Crippen molar-refractivity contribution in [3.8, 4) is 0 Å². The second-order valence-corrected chi connectivity index (χ2v) is 4.68. The number of rotatable bonds is 4. The van der Waals surface area contributed by atoms with Crippen molar-refractivity contribution in [2.45, 2.75) is 6.04 Å². The molecule has 3 N–H and O–H groups in total. The molecule has 1 aliphatic heterocycles. The maximum absolute atomic E-state index is 11.9. The van der Waals surface area contributed by atoms with E-state index in [2.05, 4.69) is 15.2 Å². The Labute approximate surface area is 122 Å². The highest BCUT2D eigenvalue weighted by Gasteiger charge is 2.25. The highest BCUT2D eigenvalue weighted by Crippen LogP contribution is 2.12. The van der Waals surface area contributed by atoms with E-state index in [1.165, 1.54) is 4.90 Å². The molecule has 114 valence electrons. The number of pyridine rings is 1. The summed E-state index contributed by atoms with van der Waals surface area (Å²) in [7, 11) is 0. The van der Waals surface area contributed by atoms with Gasteiger partial charge in [0.15, 0.2) is 6.04 Å². The predicted molar refractivity (Wildman–Crippen MR) is 75.1 cm³/mol. The summed E-state index contributed by atoms with van der Waals surface area (Å²) in [6.07, 6.45) is 1.72. The topological polar surface area (TPSA) is 106 Å². The first kappa shape index (κ1) is 15.0. The number of aliphatic carboxylic acids is 1. The van der Waals surface area contributed by atoms with Crippen LogP contribution in [-0.2, 0) is 4.79 Å². The van der Waals surface area contributed by atoms with E-state index in [4.69, 9.17) is 10.2 Å². The second kappa shape index (κ2) is 6.89. The van der Waals surface area contributed by atoms with Crippen molar-refractivity contribution in [3.63, 3.8) is 0 Å². The molecule has 2 heterocycles. The first-order chi connectivity index (χ1) is 10.1. The molecule has 1 fully saturated rings. The van der Waals surface area contributed by atoms with Crippen molar-refractivity contribution in [1.29, 1.82) is 0 Å². The van der Waals surface area contributed by atoms with Crippen molar-refractivity contribution >= 4 is 17.8 Å². The molecule has 21 heavy (non-hydrogen) atoms. The lowest BCUT2D eigenvalue weighted by atomic mass is 10.3. The molecule has 2 amide bonds. The Kier molecular flexibility index (Phi) is 4.94. The minimum Gasteiger partial charge on any atom is -0.480 e. The van der Waals surface area contributed by atoms with Crippen molar-refractivity contribution < 1.29 is 19.8 Å². The van der Waals surface area contributed by atoms with Gasteiger partial charge in [-0.1, -0.05) is 6.07 Å². The Balaban J connectivity index is 1.86. The molecule has 0 spiro atoms. The molecule has 0 bridgehead atoms. The van der Waals surface area contributed by atoms with Crippen LogP contribution in [0.4, 0.5) is 10.6 Å². The third-order valence-electron chi connectivity index (χ3n) is 3.32. The molecule has 1 aromatic rings. The van der Waals surface area contributed by atoms with Gasteiger partial charge in [-0.15, -0.1) is 0 Å². The number of hydrogen-bond acceptors (Lipinski definition) is 5. The number of aliphatic hydroxyl groups excluding tert-OH is 1. The summed E-state index contributed by atoms with van der Waals surface area (Å²) in [6, 6.07) is 3.90. The third-order valence-corrected chi connectivity index (χ3v) is 3.32. The summed E-state index contributed by atoms with van der Waals surface area (Å²) in [5.74, 6) is -0.394. The lowest BCUT2D eigenvalue weighted by molar-refractivity contribution is -0.140. The molecule has 0 aromatic carbocycles. The van der Waals surface area contributed by atoms with E-state index in [1.807, 2.05) is 18.2 Å². The maximum atomic E-state index is 11.9. The summed E-state index contributed by atoms with van der Waals surface area (Å²) in [5, 5.41) is 20.0. The molecular formula is C13H18N4O4. The van der Waals surface area contributed by atoms with Crippen LogP contribution in [0.3, 0.4) is 0 Å². The van der Waals surface area contributed by atoms with Crippen LogP contribution in [0.5, 0.6) is 0 Å². The molecule has 0 unspecified atom stereocenters. The predicted octanol–water partition coefficient (Wildman–Crippen LogP) is -0.641. The van der Waals surface area contributed by atoms with Crippen molar-refractivity contribution in [3.05, 3.63) is 24.4 Å². The molecule has 8 heteroatoms. The largest absolute Gasteiger partial charge is 0.480 e. The minimum atomic E-state index is -1.27. The number of amides is 2. The van der Waals surface area contributed by atoms with Gasteiger partial charge in [0.1, 0.15) is 5.82 Å². The first-order valence-corrected chi connectivity index (χ1v) is 6.67. The molecule has 2 rings (SSSR count). The maximum Gasteiger partial charge on any atom is 0.328 e. The molecule has 0 radical (unpaired) electrons. The Morgan fingerprint density at radius 1 is 1.29 bits per heavy atom. The van der Waals surface area contributed by atoms with Gasteiger partial charge < -0.3 is 25.3 Å². The molecule has 1 aliphatic rings. The highest BCUT2D eigenvalue weighted by atomic mass is 16.4. The van der Waals surface area contributed by atoms with Crippen LogP contribution in [-0.4, -0.2) is 70.9 Å². The summed E-state index contributed by atoms with van der Waals surface area (Å²) < 4.78 is 0. The average molecular weight is 294 g/mol. The van der Waals surface area contributed by atoms with Crippen LogP contribution in [0, 0.1) is 0 Å². The minimum absolute atomic E-state index is 0.472. The Morgan fingerprint density at radius 2 is 2.00 bits per heavy atom. The fourth-order valence-electron chi connectivity index (χ4n) is 2.11. The molecule has 1 atom stereocenters. The van der Waals surface area contributed by atoms with Crippen molar-refractivity contribution in [2.75, 3.05) is 37.7 Å². The zero-order valence-electron chi connectivity index (χ0n) is 11.5. The van der Waals surface area contributed by atoms with Gasteiger partial charge in [0.25, 0.3) is 0 Å². The lowest BCUT2D eigenvalue weighted by Crippen LogP contribution is -2.55. The van der Waals surface area contributed by atoms with Gasteiger partial charge >= 0.3 is 12.0 Å². The Bertz CT molecular complexity index is 488. The number of piperazine rings is 1. The normalized spacial score (nSPS) is 16.4. The van der Waals surface area contributed by atoms with Crippen LogP contribution in [0.1, 0.15) is 0 Å². The van der Waals surface area contributed by atoms with E-state index in [-0.39, 0.29) is 0 Å². The zero-order valence-corrected chi connectivity index (χ0v) is 11.5. The number of carbonyl (C=O) groups is 2. The number of nitrogens with one attached hydrogen (secondary N) is 1. The van der Waals surface area contributed by atoms with E-state index in [0.717, 1.165) is 5.82 Å². The van der Waals surface area contributed by atoms with Gasteiger partial charge in [0.2, 0.25) is 0 Å². The fraction of sp³-hybridized carbons (Fsp3) is 0.462. The van der Waals surface area contributed by atoms with Gasteiger partial charge in [-0.25, -0.2) is 14.6 Å². The van der Waals surface area contributed by atoms with Gasteiger partial charge in [-0.3, -0.25) is 0 Å². The second-order valence-electron chi connectivity index (χ2n) is 4.68. The van der Waals surface area contributed by atoms with Crippen LogP contribution in [0.15, 0.2) is 24.4 Å². The van der Waals surface area contributed by atoms with Gasteiger partial charge in [0.05, 0.1) is 6.61 Å².